The van der Waals surface area contributed by atoms with Gasteiger partial charge in [0.25, 0.3) is 0 Å². The molecular weight excluding hydrogens is 503 g/mol. The van der Waals surface area contributed by atoms with Gasteiger partial charge in [-0.15, -0.1) is 0 Å². The van der Waals surface area contributed by atoms with E-state index in [1.165, 1.54) is 12.1 Å². The highest BCUT2D eigenvalue weighted by Gasteiger charge is 2.29. The van der Waals surface area contributed by atoms with Crippen LogP contribution in [0.2, 0.25) is 5.02 Å². The van der Waals surface area contributed by atoms with Crippen molar-refractivity contribution < 1.29 is 4.39 Å². The summed E-state index contributed by atoms with van der Waals surface area (Å²) in [4.78, 5) is 28.8. The molecule has 5 heterocycles. The Labute approximate surface area is 226 Å². The Morgan fingerprint density at radius 1 is 0.947 bits per heavy atom. The molecule has 4 aromatic rings. The van der Waals surface area contributed by atoms with E-state index >= 15 is 0 Å². The van der Waals surface area contributed by atoms with Gasteiger partial charge in [-0.05, 0) is 57.0 Å². The molecule has 2 aliphatic heterocycles. The van der Waals surface area contributed by atoms with E-state index in [4.69, 9.17) is 21.6 Å². The quantitative estimate of drug-likeness (QED) is 0.367. The maximum Gasteiger partial charge on any atom is 0.228 e. The predicted octanol–water partition coefficient (Wildman–Crippen LogP) is 5.43. The number of nitrogens with one attached hydrogen (secondary N) is 1. The largest absolute Gasteiger partial charge is 0.352 e. The van der Waals surface area contributed by atoms with Crippen molar-refractivity contribution in [2.75, 3.05) is 40.9 Å². The SMILES string of the molecule is C[C@@H]1CN(c2ncc(-c3ncc[nH]3)cc2Cl)CCN1c1cc(-c2ccc(F)cc2)nc(N2CCC[C@H]2C)n1. The molecule has 8 nitrogen and oxygen atoms in total. The Morgan fingerprint density at radius 2 is 1.79 bits per heavy atom. The fraction of sp³-hybridized carbons (Fsp3) is 0.357. The fourth-order valence-corrected chi connectivity index (χ4v) is 5.69. The van der Waals surface area contributed by atoms with Crippen LogP contribution in [0.15, 0.2) is 55.0 Å². The molecule has 196 valence electrons. The number of pyridine rings is 1. The van der Waals surface area contributed by atoms with Crippen LogP contribution in [-0.4, -0.2) is 63.2 Å². The summed E-state index contributed by atoms with van der Waals surface area (Å²) in [6, 6.07) is 11.0. The highest BCUT2D eigenvalue weighted by molar-refractivity contribution is 6.33. The maximum atomic E-state index is 13.6. The number of imidazole rings is 1. The van der Waals surface area contributed by atoms with Crippen molar-refractivity contribution >= 4 is 29.2 Å². The lowest BCUT2D eigenvalue weighted by Gasteiger charge is -2.41. The Bertz CT molecular complexity index is 1410. The van der Waals surface area contributed by atoms with Crippen LogP contribution in [0, 0.1) is 5.82 Å². The number of nitrogens with zero attached hydrogens (tertiary/aromatic N) is 7. The predicted molar refractivity (Wildman–Crippen MR) is 149 cm³/mol. The van der Waals surface area contributed by atoms with Gasteiger partial charge in [0, 0.05) is 74.0 Å². The van der Waals surface area contributed by atoms with E-state index in [1.54, 1.807) is 30.7 Å². The van der Waals surface area contributed by atoms with Crippen LogP contribution in [-0.2, 0) is 0 Å². The summed E-state index contributed by atoms with van der Waals surface area (Å²) in [6.07, 6.45) is 7.55. The third-order valence-electron chi connectivity index (χ3n) is 7.47. The van der Waals surface area contributed by atoms with Gasteiger partial charge in [0.2, 0.25) is 5.95 Å². The molecule has 2 fully saturated rings. The molecule has 1 N–H and O–H groups in total. The summed E-state index contributed by atoms with van der Waals surface area (Å²) in [5, 5.41) is 0.602. The normalized spacial score (nSPS) is 19.8. The number of rotatable bonds is 5. The standard InChI is InChI=1S/C28H30ClFN8/c1-18-4-3-11-38(18)28-34-24(20-5-7-22(30)8-6-20)15-25(35-28)37-13-12-36(17-19(37)2)27-23(29)14-21(16-33-27)26-31-9-10-32-26/h5-10,14-16,18-19H,3-4,11-13,17H2,1-2H3,(H,31,32)/t18-,19-/m1/s1. The first-order valence-electron chi connectivity index (χ1n) is 13.0. The number of anilines is 3. The van der Waals surface area contributed by atoms with E-state index in [9.17, 15) is 4.39 Å². The van der Waals surface area contributed by atoms with Crippen molar-refractivity contribution in [3.8, 4) is 22.6 Å². The molecule has 10 heteroatoms. The monoisotopic (exact) mass is 532 g/mol. The first-order chi connectivity index (χ1) is 18.5. The lowest BCUT2D eigenvalue weighted by molar-refractivity contribution is 0.542. The van der Waals surface area contributed by atoms with Crippen LogP contribution in [0.4, 0.5) is 22.0 Å². The summed E-state index contributed by atoms with van der Waals surface area (Å²) in [7, 11) is 0. The molecule has 6 rings (SSSR count). The molecule has 0 saturated carbocycles. The maximum absolute atomic E-state index is 13.6. The van der Waals surface area contributed by atoms with Gasteiger partial charge in [-0.25, -0.2) is 19.3 Å². The molecule has 0 spiro atoms. The zero-order valence-electron chi connectivity index (χ0n) is 21.5. The van der Waals surface area contributed by atoms with Gasteiger partial charge < -0.3 is 19.7 Å². The van der Waals surface area contributed by atoms with E-state index in [-0.39, 0.29) is 11.9 Å². The van der Waals surface area contributed by atoms with E-state index in [0.29, 0.717) is 11.1 Å². The molecule has 0 radical (unpaired) electrons. The van der Waals surface area contributed by atoms with Crippen molar-refractivity contribution in [2.45, 2.75) is 38.8 Å². The number of hydrogen-bond acceptors (Lipinski definition) is 7. The molecule has 1 aromatic carbocycles. The Balaban J connectivity index is 1.27. The number of aromatic amines is 1. The smallest absolute Gasteiger partial charge is 0.228 e. The van der Waals surface area contributed by atoms with E-state index in [1.807, 2.05) is 12.1 Å². The van der Waals surface area contributed by atoms with Crippen LogP contribution in [0.1, 0.15) is 26.7 Å². The minimum atomic E-state index is -0.259. The van der Waals surface area contributed by atoms with Crippen LogP contribution < -0.4 is 14.7 Å². The molecule has 0 unspecified atom stereocenters. The van der Waals surface area contributed by atoms with E-state index in [0.717, 1.165) is 79.2 Å². The highest BCUT2D eigenvalue weighted by atomic mass is 35.5. The van der Waals surface area contributed by atoms with Crippen LogP contribution >= 0.6 is 11.6 Å². The van der Waals surface area contributed by atoms with Crippen molar-refractivity contribution in [2.24, 2.45) is 0 Å². The molecule has 3 aromatic heterocycles. The summed E-state index contributed by atoms with van der Waals surface area (Å²) < 4.78 is 13.6. The average Bonchev–Trinajstić information content (AvgIpc) is 3.61. The number of piperazine rings is 1. The number of H-pyrrole nitrogens is 1. The lowest BCUT2D eigenvalue weighted by Crippen LogP contribution is -2.52. The van der Waals surface area contributed by atoms with Crippen LogP contribution in [0.25, 0.3) is 22.6 Å². The average molecular weight is 533 g/mol. The number of halogens is 2. The molecule has 0 bridgehead atoms. The minimum absolute atomic E-state index is 0.159. The first kappa shape index (κ1) is 24.6. The lowest BCUT2D eigenvalue weighted by atomic mass is 10.1. The second kappa shape index (κ2) is 10.2. The summed E-state index contributed by atoms with van der Waals surface area (Å²) in [6.45, 7) is 7.61. The zero-order chi connectivity index (χ0) is 26.2. The zero-order valence-corrected chi connectivity index (χ0v) is 22.2. The third kappa shape index (κ3) is 4.78. The summed E-state index contributed by atoms with van der Waals surface area (Å²) in [5.74, 6) is 2.88. The Hall–Kier alpha value is -3.72. The van der Waals surface area contributed by atoms with E-state index in [2.05, 4.69) is 43.5 Å². The molecule has 2 saturated heterocycles. The van der Waals surface area contributed by atoms with Crippen molar-refractivity contribution in [1.82, 2.24) is 24.9 Å². The van der Waals surface area contributed by atoms with E-state index < -0.39 is 0 Å². The second-order valence-electron chi connectivity index (χ2n) is 10.1. The highest BCUT2D eigenvalue weighted by Crippen LogP contribution is 2.33. The fourth-order valence-electron chi connectivity index (χ4n) is 5.40. The van der Waals surface area contributed by atoms with Gasteiger partial charge in [-0.2, -0.15) is 4.98 Å². The van der Waals surface area contributed by atoms with Gasteiger partial charge >= 0.3 is 0 Å². The van der Waals surface area contributed by atoms with Gasteiger partial charge in [0.1, 0.15) is 23.3 Å². The molecule has 38 heavy (non-hydrogen) atoms. The topological polar surface area (TPSA) is 77.1 Å². The number of aromatic nitrogens is 5. The summed E-state index contributed by atoms with van der Waals surface area (Å²) >= 11 is 6.68. The molecule has 0 amide bonds. The summed E-state index contributed by atoms with van der Waals surface area (Å²) in [5.41, 5.74) is 2.53. The Morgan fingerprint density at radius 3 is 2.47 bits per heavy atom. The minimum Gasteiger partial charge on any atom is -0.352 e. The number of hydrogen-bond donors (Lipinski definition) is 1. The van der Waals surface area contributed by atoms with Crippen LogP contribution in [0.5, 0.6) is 0 Å². The van der Waals surface area contributed by atoms with Crippen molar-refractivity contribution in [3.05, 3.63) is 65.8 Å². The van der Waals surface area contributed by atoms with Crippen LogP contribution in [0.3, 0.4) is 0 Å². The van der Waals surface area contributed by atoms with Gasteiger partial charge in [-0.1, -0.05) is 11.6 Å². The van der Waals surface area contributed by atoms with Crippen molar-refractivity contribution in [3.63, 3.8) is 0 Å². The van der Waals surface area contributed by atoms with Crippen molar-refractivity contribution in [1.29, 1.82) is 0 Å². The first-order valence-corrected chi connectivity index (χ1v) is 13.4. The number of benzene rings is 1. The molecular formula is C28H30ClFN8. The molecule has 2 atom stereocenters. The molecule has 0 aliphatic carbocycles. The van der Waals surface area contributed by atoms with Gasteiger partial charge in [0.15, 0.2) is 0 Å². The molecule has 2 aliphatic rings. The van der Waals surface area contributed by atoms with Gasteiger partial charge in [-0.3, -0.25) is 0 Å². The Kier molecular flexibility index (Phi) is 6.61. The van der Waals surface area contributed by atoms with Gasteiger partial charge in [0.05, 0.1) is 10.7 Å². The third-order valence-corrected chi connectivity index (χ3v) is 7.74. The second-order valence-corrected chi connectivity index (χ2v) is 10.5.